The van der Waals surface area contributed by atoms with Crippen LogP contribution in [0.15, 0.2) is 24.3 Å². The molecule has 0 aromatic heterocycles. The van der Waals surface area contributed by atoms with E-state index in [9.17, 15) is 9.90 Å². The molecule has 5 nitrogen and oxygen atoms in total. The number of nitrogens with two attached hydrogens (primary N) is 1. The first kappa shape index (κ1) is 16.8. The average molecular weight is 302 g/mol. The molecule has 0 radical (unpaired) electrons. The molecule has 0 aliphatic carbocycles. The maximum Gasteiger partial charge on any atom is 0.219 e. The first-order valence-electron chi connectivity index (χ1n) is 6.43. The molecule has 1 amide bonds. The molecule has 1 aromatic rings. The van der Waals surface area contributed by atoms with Gasteiger partial charge in [0.2, 0.25) is 5.91 Å². The number of halogens is 1. The topological polar surface area (TPSA) is 81.8 Å². The van der Waals surface area contributed by atoms with Crippen molar-refractivity contribution in [2.75, 3.05) is 19.8 Å². The van der Waals surface area contributed by atoms with Gasteiger partial charge in [-0.1, -0.05) is 12.1 Å². The van der Waals surface area contributed by atoms with Crippen molar-refractivity contribution in [1.82, 2.24) is 0 Å². The summed E-state index contributed by atoms with van der Waals surface area (Å²) in [5.74, 6) is 0.177. The van der Waals surface area contributed by atoms with Crippen LogP contribution < -0.4 is 10.5 Å². The molecule has 3 N–H and O–H groups in total. The quantitative estimate of drug-likeness (QED) is 0.679. The van der Waals surface area contributed by atoms with Gasteiger partial charge in [0.05, 0.1) is 12.0 Å². The van der Waals surface area contributed by atoms with Crippen molar-refractivity contribution >= 4 is 17.5 Å². The van der Waals surface area contributed by atoms with E-state index in [0.29, 0.717) is 12.4 Å². The molecule has 1 aromatic carbocycles. The van der Waals surface area contributed by atoms with E-state index in [-0.39, 0.29) is 19.6 Å². The summed E-state index contributed by atoms with van der Waals surface area (Å²) in [4.78, 5) is 10.8. The second-order valence-corrected chi connectivity index (χ2v) is 4.86. The third-order valence-electron chi connectivity index (χ3n) is 2.58. The van der Waals surface area contributed by atoms with Crippen LogP contribution in [-0.4, -0.2) is 36.9 Å². The van der Waals surface area contributed by atoms with Gasteiger partial charge in [-0.15, -0.1) is 11.6 Å². The Morgan fingerprint density at radius 3 is 2.55 bits per heavy atom. The van der Waals surface area contributed by atoms with Gasteiger partial charge in [0.15, 0.2) is 0 Å². The van der Waals surface area contributed by atoms with Crippen molar-refractivity contribution in [3.05, 3.63) is 29.8 Å². The second kappa shape index (κ2) is 8.79. The van der Waals surface area contributed by atoms with E-state index in [4.69, 9.17) is 26.8 Å². The molecule has 2 atom stereocenters. The maximum absolute atomic E-state index is 10.8. The van der Waals surface area contributed by atoms with Crippen LogP contribution in [0.25, 0.3) is 0 Å². The van der Waals surface area contributed by atoms with Crippen LogP contribution in [0.1, 0.15) is 24.3 Å². The number of rotatable bonds is 9. The van der Waals surface area contributed by atoms with E-state index < -0.39 is 17.4 Å². The standard InChI is InChI=1S/C14H20ClNO4/c1-2-19-8-11(17)9-20-12-5-3-10(4-6-12)13(15)7-14(16)18/h3-6,11,13,17H,2,7-9H2,1H3,(H2,16,18). The third kappa shape index (κ3) is 6.23. The molecule has 0 aliphatic heterocycles. The Morgan fingerprint density at radius 2 is 2.00 bits per heavy atom. The molecule has 0 bridgehead atoms. The summed E-state index contributed by atoms with van der Waals surface area (Å²) in [6.45, 7) is 2.82. The summed E-state index contributed by atoms with van der Waals surface area (Å²) in [7, 11) is 0. The number of aliphatic hydroxyl groups excluding tert-OH is 1. The second-order valence-electron chi connectivity index (χ2n) is 4.33. The third-order valence-corrected chi connectivity index (χ3v) is 2.99. The zero-order chi connectivity index (χ0) is 15.0. The zero-order valence-electron chi connectivity index (χ0n) is 11.4. The van der Waals surface area contributed by atoms with Crippen LogP contribution >= 0.6 is 11.6 Å². The fraction of sp³-hybridized carbons (Fsp3) is 0.500. The van der Waals surface area contributed by atoms with Gasteiger partial charge in [-0.2, -0.15) is 0 Å². The minimum absolute atomic E-state index is 0.0921. The van der Waals surface area contributed by atoms with Crippen LogP contribution in [0, 0.1) is 0 Å². The molecule has 1 rings (SSSR count). The van der Waals surface area contributed by atoms with E-state index in [2.05, 4.69) is 0 Å². The molecule has 20 heavy (non-hydrogen) atoms. The van der Waals surface area contributed by atoms with Crippen LogP contribution in [0.4, 0.5) is 0 Å². The maximum atomic E-state index is 10.8. The number of aliphatic hydroxyl groups is 1. The normalized spacial score (nSPS) is 13.8. The summed E-state index contributed by atoms with van der Waals surface area (Å²) in [6, 6.07) is 7.01. The van der Waals surface area contributed by atoms with Crippen molar-refractivity contribution in [2.24, 2.45) is 5.73 Å². The first-order chi connectivity index (χ1) is 9.52. The van der Waals surface area contributed by atoms with E-state index in [1.165, 1.54) is 0 Å². The summed E-state index contributed by atoms with van der Waals surface area (Å²) >= 11 is 6.04. The number of primary amides is 1. The van der Waals surface area contributed by atoms with Gasteiger partial charge in [-0.05, 0) is 24.6 Å². The summed E-state index contributed by atoms with van der Waals surface area (Å²) < 4.78 is 10.5. The predicted octanol–water partition coefficient (Wildman–Crippen LogP) is 1.62. The number of hydrogen-bond acceptors (Lipinski definition) is 4. The molecular weight excluding hydrogens is 282 g/mol. The number of carbonyl (C=O) groups is 1. The highest BCUT2D eigenvalue weighted by Gasteiger charge is 2.11. The monoisotopic (exact) mass is 301 g/mol. The smallest absolute Gasteiger partial charge is 0.219 e. The van der Waals surface area contributed by atoms with Gasteiger partial charge in [0.1, 0.15) is 18.5 Å². The molecule has 6 heteroatoms. The zero-order valence-corrected chi connectivity index (χ0v) is 12.2. The fourth-order valence-corrected chi connectivity index (χ4v) is 1.86. The van der Waals surface area contributed by atoms with E-state index >= 15 is 0 Å². The summed E-state index contributed by atoms with van der Waals surface area (Å²) in [5.41, 5.74) is 5.89. The molecule has 0 spiro atoms. The molecule has 0 fully saturated rings. The molecule has 2 unspecified atom stereocenters. The molecular formula is C14H20ClNO4. The lowest BCUT2D eigenvalue weighted by molar-refractivity contribution is -0.118. The number of benzene rings is 1. The molecule has 112 valence electrons. The first-order valence-corrected chi connectivity index (χ1v) is 6.87. The van der Waals surface area contributed by atoms with Crippen LogP contribution in [-0.2, 0) is 9.53 Å². The van der Waals surface area contributed by atoms with Crippen molar-refractivity contribution in [3.8, 4) is 5.75 Å². The highest BCUT2D eigenvalue weighted by molar-refractivity contribution is 6.21. The largest absolute Gasteiger partial charge is 0.491 e. The Morgan fingerprint density at radius 1 is 1.35 bits per heavy atom. The van der Waals surface area contributed by atoms with Crippen LogP contribution in [0.2, 0.25) is 0 Å². The van der Waals surface area contributed by atoms with Crippen LogP contribution in [0.5, 0.6) is 5.75 Å². The Bertz CT molecular complexity index is 410. The minimum atomic E-state index is -0.662. The summed E-state index contributed by atoms with van der Waals surface area (Å²) in [5, 5.41) is 9.12. The predicted molar refractivity (Wildman–Crippen MR) is 76.8 cm³/mol. The van der Waals surface area contributed by atoms with E-state index in [1.54, 1.807) is 24.3 Å². The molecule has 0 heterocycles. The van der Waals surface area contributed by atoms with Crippen molar-refractivity contribution in [1.29, 1.82) is 0 Å². The van der Waals surface area contributed by atoms with Gasteiger partial charge in [-0.3, -0.25) is 4.79 Å². The molecule has 0 saturated heterocycles. The average Bonchev–Trinajstić information content (AvgIpc) is 2.42. The Labute approximate surface area is 123 Å². The highest BCUT2D eigenvalue weighted by Crippen LogP contribution is 2.25. The summed E-state index contributed by atoms with van der Waals surface area (Å²) in [6.07, 6.45) is -0.570. The number of amides is 1. The lowest BCUT2D eigenvalue weighted by Crippen LogP contribution is -2.23. The Hall–Kier alpha value is -1.30. The number of ether oxygens (including phenoxy) is 2. The van der Waals surface area contributed by atoms with Gasteiger partial charge in [0, 0.05) is 13.0 Å². The lowest BCUT2D eigenvalue weighted by Gasteiger charge is -2.13. The Kier molecular flexibility index (Phi) is 7.36. The van der Waals surface area contributed by atoms with Crippen LogP contribution in [0.3, 0.4) is 0 Å². The molecule has 0 aliphatic rings. The number of alkyl halides is 1. The highest BCUT2D eigenvalue weighted by atomic mass is 35.5. The van der Waals surface area contributed by atoms with E-state index in [0.717, 1.165) is 5.56 Å². The SMILES string of the molecule is CCOCC(O)COc1ccc(C(Cl)CC(N)=O)cc1. The lowest BCUT2D eigenvalue weighted by atomic mass is 10.1. The van der Waals surface area contributed by atoms with Gasteiger partial charge < -0.3 is 20.3 Å². The van der Waals surface area contributed by atoms with Crippen molar-refractivity contribution in [2.45, 2.75) is 24.8 Å². The van der Waals surface area contributed by atoms with Gasteiger partial charge >= 0.3 is 0 Å². The Balaban J connectivity index is 2.44. The van der Waals surface area contributed by atoms with Gasteiger partial charge in [-0.25, -0.2) is 0 Å². The number of carbonyl (C=O) groups excluding carboxylic acids is 1. The van der Waals surface area contributed by atoms with Gasteiger partial charge in [0.25, 0.3) is 0 Å². The van der Waals surface area contributed by atoms with Crippen molar-refractivity contribution < 1.29 is 19.4 Å². The fourth-order valence-electron chi connectivity index (χ4n) is 1.56. The molecule has 0 saturated carbocycles. The number of hydrogen-bond donors (Lipinski definition) is 2. The minimum Gasteiger partial charge on any atom is -0.491 e. The van der Waals surface area contributed by atoms with Crippen molar-refractivity contribution in [3.63, 3.8) is 0 Å². The van der Waals surface area contributed by atoms with E-state index in [1.807, 2.05) is 6.92 Å².